The van der Waals surface area contributed by atoms with Gasteiger partial charge < -0.3 is 4.74 Å². The molecule has 2 aromatic rings. The molecule has 0 aliphatic heterocycles. The van der Waals surface area contributed by atoms with Gasteiger partial charge in [-0.2, -0.15) is 0 Å². The minimum Gasteiger partial charge on any atom is -0.469 e. The van der Waals surface area contributed by atoms with Gasteiger partial charge in [0.2, 0.25) is 0 Å². The molecule has 0 aliphatic rings. The Morgan fingerprint density at radius 1 is 1.35 bits per heavy atom. The van der Waals surface area contributed by atoms with E-state index in [1.807, 2.05) is 13.1 Å². The molecule has 17 heavy (non-hydrogen) atoms. The van der Waals surface area contributed by atoms with Crippen LogP contribution in [0.2, 0.25) is 0 Å². The monoisotopic (exact) mass is 229 g/mol. The second kappa shape index (κ2) is 4.95. The largest absolute Gasteiger partial charge is 0.469 e. The number of rotatable bonds is 3. The van der Waals surface area contributed by atoms with E-state index in [0.717, 1.165) is 16.5 Å². The van der Waals surface area contributed by atoms with Crippen LogP contribution in [0.25, 0.3) is 10.9 Å². The number of ether oxygens (including phenoxy) is 1. The molecule has 0 bridgehead atoms. The van der Waals surface area contributed by atoms with E-state index in [1.54, 1.807) is 0 Å². The lowest BCUT2D eigenvalue weighted by atomic mass is 10.1. The van der Waals surface area contributed by atoms with Crippen LogP contribution in [0, 0.1) is 6.92 Å². The summed E-state index contributed by atoms with van der Waals surface area (Å²) in [5.41, 5.74) is 3.26. The first-order valence-electron chi connectivity index (χ1n) is 5.61. The zero-order chi connectivity index (χ0) is 12.3. The Balaban J connectivity index is 2.20. The van der Waals surface area contributed by atoms with Gasteiger partial charge in [0.1, 0.15) is 0 Å². The maximum Gasteiger partial charge on any atom is 0.305 e. The van der Waals surface area contributed by atoms with E-state index in [0.29, 0.717) is 12.8 Å². The molecule has 0 atom stereocenters. The summed E-state index contributed by atoms with van der Waals surface area (Å²) in [5.74, 6) is -0.186. The summed E-state index contributed by atoms with van der Waals surface area (Å²) in [6.45, 7) is 2.05. The lowest BCUT2D eigenvalue weighted by molar-refractivity contribution is -0.140. The van der Waals surface area contributed by atoms with Crippen molar-refractivity contribution in [1.29, 1.82) is 0 Å². The number of carbonyl (C=O) groups is 1. The first-order chi connectivity index (χ1) is 8.19. The summed E-state index contributed by atoms with van der Waals surface area (Å²) in [4.78, 5) is 15.4. The molecule has 0 saturated carbocycles. The van der Waals surface area contributed by atoms with Gasteiger partial charge in [0, 0.05) is 18.0 Å². The van der Waals surface area contributed by atoms with Gasteiger partial charge >= 0.3 is 5.97 Å². The Bertz CT molecular complexity index is 549. The Labute approximate surface area is 100 Å². The number of esters is 1. The molecule has 0 radical (unpaired) electrons. The Morgan fingerprint density at radius 2 is 2.18 bits per heavy atom. The van der Waals surface area contributed by atoms with Crippen LogP contribution in [0.4, 0.5) is 0 Å². The highest BCUT2D eigenvalue weighted by molar-refractivity contribution is 5.79. The molecule has 1 aromatic heterocycles. The van der Waals surface area contributed by atoms with E-state index in [2.05, 4.69) is 34.0 Å². The molecule has 0 saturated heterocycles. The first kappa shape index (κ1) is 11.6. The lowest BCUT2D eigenvalue weighted by Crippen LogP contribution is -2.02. The predicted molar refractivity (Wildman–Crippen MR) is 66.8 cm³/mol. The van der Waals surface area contributed by atoms with Crippen molar-refractivity contribution >= 4 is 16.9 Å². The van der Waals surface area contributed by atoms with Gasteiger partial charge in [0.05, 0.1) is 12.6 Å². The Morgan fingerprint density at radius 3 is 2.94 bits per heavy atom. The molecule has 0 fully saturated rings. The summed E-state index contributed by atoms with van der Waals surface area (Å²) in [6.07, 6.45) is 2.89. The van der Waals surface area contributed by atoms with Crippen LogP contribution in [0.15, 0.2) is 30.5 Å². The van der Waals surface area contributed by atoms with Crippen LogP contribution in [0.1, 0.15) is 17.5 Å². The highest BCUT2D eigenvalue weighted by Crippen LogP contribution is 2.15. The van der Waals surface area contributed by atoms with Crippen molar-refractivity contribution in [3.05, 3.63) is 41.6 Å². The molecule has 0 spiro atoms. The number of aromatic nitrogens is 1. The molecule has 0 aliphatic carbocycles. The second-order valence-electron chi connectivity index (χ2n) is 4.12. The van der Waals surface area contributed by atoms with Gasteiger partial charge in [-0.15, -0.1) is 0 Å². The van der Waals surface area contributed by atoms with Crippen LogP contribution in [-0.2, 0) is 16.0 Å². The van der Waals surface area contributed by atoms with Gasteiger partial charge in [-0.05, 0) is 36.6 Å². The van der Waals surface area contributed by atoms with Crippen LogP contribution >= 0.6 is 0 Å². The number of pyridine rings is 1. The average Bonchev–Trinajstić information content (AvgIpc) is 2.35. The fourth-order valence-electron chi connectivity index (χ4n) is 1.76. The van der Waals surface area contributed by atoms with Crippen molar-refractivity contribution in [3.63, 3.8) is 0 Å². The molecule has 0 amide bonds. The van der Waals surface area contributed by atoms with E-state index < -0.39 is 0 Å². The fourth-order valence-corrected chi connectivity index (χ4v) is 1.76. The summed E-state index contributed by atoms with van der Waals surface area (Å²) in [7, 11) is 1.41. The van der Waals surface area contributed by atoms with Gasteiger partial charge in [-0.1, -0.05) is 12.1 Å². The standard InChI is InChI=1S/C14H15NO2/c1-10-3-5-12-8-11(4-6-14(16)17-2)9-15-13(12)7-10/h3,5,7-9H,4,6H2,1-2H3. The third-order valence-electron chi connectivity index (χ3n) is 2.74. The van der Waals surface area contributed by atoms with E-state index in [9.17, 15) is 4.79 Å². The number of nitrogens with zero attached hydrogens (tertiary/aromatic N) is 1. The molecule has 1 heterocycles. The highest BCUT2D eigenvalue weighted by Gasteiger charge is 2.03. The van der Waals surface area contributed by atoms with Crippen molar-refractivity contribution in [2.45, 2.75) is 19.8 Å². The summed E-state index contributed by atoms with van der Waals surface area (Å²) < 4.78 is 4.62. The fraction of sp³-hybridized carbons (Fsp3) is 0.286. The normalized spacial score (nSPS) is 10.5. The minimum atomic E-state index is -0.186. The molecule has 88 valence electrons. The quantitative estimate of drug-likeness (QED) is 0.759. The van der Waals surface area contributed by atoms with Crippen LogP contribution in [0.3, 0.4) is 0 Å². The molecular weight excluding hydrogens is 214 g/mol. The average molecular weight is 229 g/mol. The smallest absolute Gasteiger partial charge is 0.305 e. The molecular formula is C14H15NO2. The van der Waals surface area contributed by atoms with E-state index in [1.165, 1.54) is 12.7 Å². The molecule has 0 N–H and O–H groups in total. The van der Waals surface area contributed by atoms with E-state index >= 15 is 0 Å². The number of fused-ring (bicyclic) bond motifs is 1. The summed E-state index contributed by atoms with van der Waals surface area (Å²) in [5, 5.41) is 1.11. The second-order valence-corrected chi connectivity index (χ2v) is 4.12. The number of hydrogen-bond donors (Lipinski definition) is 0. The third-order valence-corrected chi connectivity index (χ3v) is 2.74. The molecule has 3 nitrogen and oxygen atoms in total. The van der Waals surface area contributed by atoms with Gasteiger partial charge in [0.15, 0.2) is 0 Å². The Hall–Kier alpha value is -1.90. The maximum atomic E-state index is 11.1. The zero-order valence-electron chi connectivity index (χ0n) is 10.1. The molecule has 1 aromatic carbocycles. The molecule has 2 rings (SSSR count). The lowest BCUT2D eigenvalue weighted by Gasteiger charge is -2.03. The van der Waals surface area contributed by atoms with Crippen molar-refractivity contribution < 1.29 is 9.53 Å². The molecule has 0 unspecified atom stereocenters. The van der Waals surface area contributed by atoms with E-state index in [4.69, 9.17) is 0 Å². The number of benzene rings is 1. The van der Waals surface area contributed by atoms with Crippen molar-refractivity contribution in [3.8, 4) is 0 Å². The van der Waals surface area contributed by atoms with Crippen molar-refractivity contribution in [2.24, 2.45) is 0 Å². The summed E-state index contributed by atoms with van der Waals surface area (Å²) in [6, 6.07) is 8.25. The summed E-state index contributed by atoms with van der Waals surface area (Å²) >= 11 is 0. The van der Waals surface area contributed by atoms with Crippen molar-refractivity contribution in [2.75, 3.05) is 7.11 Å². The molecule has 3 heteroatoms. The predicted octanol–water partition coefficient (Wildman–Crippen LogP) is 2.65. The van der Waals surface area contributed by atoms with E-state index in [-0.39, 0.29) is 5.97 Å². The minimum absolute atomic E-state index is 0.186. The zero-order valence-corrected chi connectivity index (χ0v) is 10.1. The SMILES string of the molecule is COC(=O)CCc1cnc2cc(C)ccc2c1. The van der Waals surface area contributed by atoms with Gasteiger partial charge in [0.25, 0.3) is 0 Å². The third kappa shape index (κ3) is 2.81. The van der Waals surface area contributed by atoms with Crippen molar-refractivity contribution in [1.82, 2.24) is 4.98 Å². The topological polar surface area (TPSA) is 39.2 Å². The number of hydrogen-bond acceptors (Lipinski definition) is 3. The number of methoxy groups -OCH3 is 1. The van der Waals surface area contributed by atoms with Crippen LogP contribution in [0.5, 0.6) is 0 Å². The van der Waals surface area contributed by atoms with Gasteiger partial charge in [-0.25, -0.2) is 0 Å². The maximum absolute atomic E-state index is 11.1. The first-order valence-corrected chi connectivity index (χ1v) is 5.61. The van der Waals surface area contributed by atoms with Crippen LogP contribution in [-0.4, -0.2) is 18.1 Å². The number of carbonyl (C=O) groups excluding carboxylic acids is 1. The highest BCUT2D eigenvalue weighted by atomic mass is 16.5. The Kier molecular flexibility index (Phi) is 3.38. The van der Waals surface area contributed by atoms with Crippen LogP contribution < -0.4 is 0 Å². The van der Waals surface area contributed by atoms with Gasteiger partial charge in [-0.3, -0.25) is 9.78 Å². The number of aryl methyl sites for hydroxylation is 2.